The Bertz CT molecular complexity index is 3520. The van der Waals surface area contributed by atoms with Crippen molar-refractivity contribution < 1.29 is 0 Å². The molecule has 0 bridgehead atoms. The highest BCUT2D eigenvalue weighted by Crippen LogP contribution is 2.59. The molecule has 5 saturated carbocycles. The van der Waals surface area contributed by atoms with Crippen LogP contribution in [0.1, 0.15) is 299 Å². The standard InChI is InChI=1S/C91H109N/c1-4-65-26-20-38-74(39-21-27-65)85-62-77(63-86(75-40-22-28-66(5-2)29-23-41-75)90(85)76-42-24-30-67(6-3)31-25-43-76)72-52-58-80(59-53-72)92(89-47-19-17-44-82(89)73-36-14-9-15-37-73)81-60-61-84-83-45-16-18-46-87(83)91(88(84)64-81,78-54-48-70(49-55-78)68-32-10-7-11-33-68)79-56-50-71(51-57-79)69-34-12-8-13-35-69/h9,14-19,36-37,44-69,74-76H,4-8,10-13,20-35,38-43H2,1-3H3. The molecule has 0 amide bonds. The van der Waals surface area contributed by atoms with Crippen molar-refractivity contribution in [2.45, 2.75) is 255 Å². The van der Waals surface area contributed by atoms with E-state index in [-0.39, 0.29) is 0 Å². The third-order valence-electron chi connectivity index (χ3n) is 25.1. The lowest BCUT2D eigenvalue weighted by Gasteiger charge is -2.36. The van der Waals surface area contributed by atoms with Crippen LogP contribution in [0.4, 0.5) is 17.1 Å². The van der Waals surface area contributed by atoms with Gasteiger partial charge in [0.05, 0.1) is 11.1 Å². The van der Waals surface area contributed by atoms with Crippen LogP contribution in [0.3, 0.4) is 0 Å². The number of hydrogen-bond donors (Lipinski definition) is 0. The Morgan fingerprint density at radius 1 is 0.304 bits per heavy atom. The van der Waals surface area contributed by atoms with E-state index in [0.717, 1.165) is 17.8 Å². The molecule has 0 spiro atoms. The second-order valence-corrected chi connectivity index (χ2v) is 30.3. The predicted octanol–water partition coefficient (Wildman–Crippen LogP) is 27.3. The Kier molecular flexibility index (Phi) is 20.2. The van der Waals surface area contributed by atoms with Crippen molar-refractivity contribution in [1.29, 1.82) is 0 Å². The van der Waals surface area contributed by atoms with Gasteiger partial charge in [-0.1, -0.05) is 307 Å². The van der Waals surface area contributed by atoms with Crippen molar-refractivity contribution in [1.82, 2.24) is 0 Å². The van der Waals surface area contributed by atoms with Crippen LogP contribution in [-0.2, 0) is 5.41 Å². The normalized spacial score (nSPS) is 23.4. The van der Waals surface area contributed by atoms with Crippen LogP contribution in [-0.4, -0.2) is 0 Å². The molecule has 6 aliphatic carbocycles. The third-order valence-corrected chi connectivity index (χ3v) is 25.1. The second-order valence-electron chi connectivity index (χ2n) is 30.3. The highest BCUT2D eigenvalue weighted by molar-refractivity contribution is 5.92. The molecule has 1 nitrogen and oxygen atoms in total. The van der Waals surface area contributed by atoms with Gasteiger partial charge < -0.3 is 4.90 Å². The van der Waals surface area contributed by atoms with Crippen LogP contribution in [0.25, 0.3) is 33.4 Å². The van der Waals surface area contributed by atoms with Gasteiger partial charge in [0.1, 0.15) is 0 Å². The van der Waals surface area contributed by atoms with E-state index in [1.807, 2.05) is 5.56 Å². The fourth-order valence-electron chi connectivity index (χ4n) is 19.8. The molecule has 0 unspecified atom stereocenters. The summed E-state index contributed by atoms with van der Waals surface area (Å²) >= 11 is 0. The fourth-order valence-corrected chi connectivity index (χ4v) is 19.8. The lowest BCUT2D eigenvalue weighted by molar-refractivity contribution is 0.334. The van der Waals surface area contributed by atoms with Crippen LogP contribution in [0, 0.1) is 17.8 Å². The Morgan fingerprint density at radius 2 is 0.728 bits per heavy atom. The molecule has 0 saturated heterocycles. The Balaban J connectivity index is 0.924. The molecule has 14 rings (SSSR count). The van der Waals surface area contributed by atoms with Gasteiger partial charge in [0, 0.05) is 16.9 Å². The minimum absolute atomic E-state index is 0.523. The summed E-state index contributed by atoms with van der Waals surface area (Å²) in [6.45, 7) is 7.35. The van der Waals surface area contributed by atoms with Gasteiger partial charge in [0.15, 0.2) is 0 Å². The summed E-state index contributed by atoms with van der Waals surface area (Å²) in [5, 5.41) is 0. The molecule has 478 valence electrons. The van der Waals surface area contributed by atoms with Crippen LogP contribution >= 0.6 is 0 Å². The zero-order valence-electron chi connectivity index (χ0n) is 56.8. The van der Waals surface area contributed by atoms with Gasteiger partial charge in [-0.2, -0.15) is 0 Å². The number of fused-ring (bicyclic) bond motifs is 3. The van der Waals surface area contributed by atoms with Crippen molar-refractivity contribution in [3.63, 3.8) is 0 Å². The number of benzene rings is 8. The first kappa shape index (κ1) is 63.0. The zero-order valence-corrected chi connectivity index (χ0v) is 56.8. The molecule has 92 heavy (non-hydrogen) atoms. The molecule has 0 N–H and O–H groups in total. The van der Waals surface area contributed by atoms with Gasteiger partial charge >= 0.3 is 0 Å². The van der Waals surface area contributed by atoms with Gasteiger partial charge in [0.2, 0.25) is 0 Å². The third kappa shape index (κ3) is 13.1. The maximum Gasteiger partial charge on any atom is 0.0714 e. The molecule has 0 radical (unpaired) electrons. The van der Waals surface area contributed by atoms with Crippen molar-refractivity contribution in [3.8, 4) is 33.4 Å². The van der Waals surface area contributed by atoms with Gasteiger partial charge in [-0.15, -0.1) is 0 Å². The SMILES string of the molecule is CCC1CCCC(c2cc(-c3ccc(N(c4ccc5c(c4)C(c4ccc(C6CCCCC6)cc4)(c4ccc(C6CCCCC6)cc4)c4ccccc4-5)c4ccccc4-c4ccccc4)cc3)cc(C3CCCC(CC)CCC3)c2C2CCCC(CC)CCC2)CCC1. The first-order chi connectivity index (χ1) is 45.5. The molecule has 0 aromatic heterocycles. The number of nitrogens with zero attached hydrogens (tertiary/aromatic N) is 1. The number of anilines is 3. The highest BCUT2D eigenvalue weighted by atomic mass is 15.1. The van der Waals surface area contributed by atoms with Crippen molar-refractivity contribution in [2.24, 2.45) is 17.8 Å². The van der Waals surface area contributed by atoms with E-state index in [2.05, 4.69) is 208 Å². The highest BCUT2D eigenvalue weighted by Gasteiger charge is 2.47. The summed E-state index contributed by atoms with van der Waals surface area (Å²) in [5.74, 6) is 5.96. The zero-order chi connectivity index (χ0) is 62.2. The topological polar surface area (TPSA) is 3.24 Å². The summed E-state index contributed by atoms with van der Waals surface area (Å²) in [5.41, 5.74) is 25.0. The Hall–Kier alpha value is -6.44. The average molecular weight is 1220 g/mol. The molecule has 5 fully saturated rings. The Labute approximate surface area is 556 Å². The number of hydrogen-bond acceptors (Lipinski definition) is 1. The lowest BCUT2D eigenvalue weighted by atomic mass is 9.67. The van der Waals surface area contributed by atoms with Crippen LogP contribution in [0.2, 0.25) is 0 Å². The molecule has 6 aliphatic rings. The van der Waals surface area contributed by atoms with Gasteiger partial charge in [-0.05, 0) is 220 Å². The van der Waals surface area contributed by atoms with Crippen LogP contribution in [0.5, 0.6) is 0 Å². The molecule has 0 heterocycles. The van der Waals surface area contributed by atoms with E-state index in [1.54, 1.807) is 11.1 Å². The van der Waals surface area contributed by atoms with Crippen molar-refractivity contribution in [2.75, 3.05) is 4.90 Å². The molecule has 0 atom stereocenters. The summed E-state index contributed by atoms with van der Waals surface area (Å²) in [6.07, 6.45) is 42.2. The van der Waals surface area contributed by atoms with Gasteiger partial charge in [0.25, 0.3) is 0 Å². The molecule has 0 aliphatic heterocycles. The first-order valence-corrected chi connectivity index (χ1v) is 38.2. The molecular formula is C91H109N. The van der Waals surface area contributed by atoms with Crippen molar-refractivity contribution >= 4 is 17.1 Å². The largest absolute Gasteiger partial charge is 0.310 e. The number of rotatable bonds is 15. The summed E-state index contributed by atoms with van der Waals surface area (Å²) < 4.78 is 0. The first-order valence-electron chi connectivity index (χ1n) is 38.2. The van der Waals surface area contributed by atoms with E-state index in [0.29, 0.717) is 29.6 Å². The lowest BCUT2D eigenvalue weighted by Crippen LogP contribution is -2.29. The van der Waals surface area contributed by atoms with E-state index < -0.39 is 5.41 Å². The molecule has 1 heteroatoms. The van der Waals surface area contributed by atoms with Gasteiger partial charge in [-0.25, -0.2) is 0 Å². The summed E-state index contributed by atoms with van der Waals surface area (Å²) in [6, 6.07) is 73.3. The minimum atomic E-state index is -0.523. The average Bonchev–Trinajstić information content (AvgIpc) is 1.52. The van der Waals surface area contributed by atoms with Gasteiger partial charge in [-0.3, -0.25) is 0 Å². The summed E-state index contributed by atoms with van der Waals surface area (Å²) in [4.78, 5) is 2.62. The van der Waals surface area contributed by atoms with E-state index in [1.165, 1.54) is 283 Å². The molecule has 8 aromatic rings. The predicted molar refractivity (Wildman–Crippen MR) is 394 cm³/mol. The van der Waals surface area contributed by atoms with E-state index in [9.17, 15) is 0 Å². The summed E-state index contributed by atoms with van der Waals surface area (Å²) in [7, 11) is 0. The number of para-hydroxylation sites is 1. The quantitative estimate of drug-likeness (QED) is 0.0989. The molecular weight excluding hydrogens is 1110 g/mol. The fraction of sp³-hybridized carbons (Fsp3) is 0.473. The maximum absolute atomic E-state index is 2.81. The monoisotopic (exact) mass is 1220 g/mol. The Morgan fingerprint density at radius 3 is 1.23 bits per heavy atom. The van der Waals surface area contributed by atoms with Crippen LogP contribution < -0.4 is 4.90 Å². The molecule has 8 aromatic carbocycles. The minimum Gasteiger partial charge on any atom is -0.310 e. The smallest absolute Gasteiger partial charge is 0.0714 e. The van der Waals surface area contributed by atoms with E-state index in [4.69, 9.17) is 0 Å². The van der Waals surface area contributed by atoms with Crippen LogP contribution in [0.15, 0.2) is 182 Å². The maximum atomic E-state index is 2.81. The van der Waals surface area contributed by atoms with E-state index >= 15 is 0 Å². The van der Waals surface area contributed by atoms with Crippen molar-refractivity contribution in [3.05, 3.63) is 232 Å². The second kappa shape index (κ2) is 29.5.